The van der Waals surface area contributed by atoms with Gasteiger partial charge in [0.1, 0.15) is 6.04 Å². The molecule has 1 saturated heterocycles. The summed E-state index contributed by atoms with van der Waals surface area (Å²) in [5, 5.41) is 5.42. The van der Waals surface area contributed by atoms with E-state index in [-0.39, 0.29) is 23.9 Å². The highest BCUT2D eigenvalue weighted by Gasteiger charge is 2.33. The number of carbonyl (C=O) groups is 3. The molecule has 6 nitrogen and oxygen atoms in total. The Morgan fingerprint density at radius 1 is 1.39 bits per heavy atom. The van der Waals surface area contributed by atoms with E-state index in [0.29, 0.717) is 18.0 Å². The molecule has 1 aromatic rings. The van der Waals surface area contributed by atoms with Crippen LogP contribution in [0.5, 0.6) is 0 Å². The average molecular weight is 403 g/mol. The molecule has 0 bridgehead atoms. The Labute approximate surface area is 147 Å². The number of amides is 3. The van der Waals surface area contributed by atoms with Gasteiger partial charge >= 0.3 is 0 Å². The molecule has 1 fully saturated rings. The molecule has 23 heavy (non-hydrogen) atoms. The smallest absolute Gasteiger partial charge is 0.253 e. The van der Waals surface area contributed by atoms with E-state index < -0.39 is 11.9 Å². The second-order valence-corrected chi connectivity index (χ2v) is 6.49. The Morgan fingerprint density at radius 3 is 2.83 bits per heavy atom. The first-order chi connectivity index (χ1) is 10.9. The Bertz CT molecular complexity index is 638. The highest BCUT2D eigenvalue weighted by atomic mass is 79.9. The lowest BCUT2D eigenvalue weighted by Gasteiger charge is -2.23. The number of likely N-dealkylation sites (N-methyl/N-ethyl adjacent to an activating group) is 1. The first-order valence-corrected chi connectivity index (χ1v) is 8.35. The molecule has 0 saturated carbocycles. The van der Waals surface area contributed by atoms with Crippen LogP contribution < -0.4 is 10.6 Å². The number of benzene rings is 1. The summed E-state index contributed by atoms with van der Waals surface area (Å²) in [5.74, 6) is -0.895. The van der Waals surface area contributed by atoms with Crippen LogP contribution in [0.4, 0.5) is 0 Å². The minimum absolute atomic E-state index is 0.171. The predicted octanol–water partition coefficient (Wildman–Crippen LogP) is 1.57. The number of nitrogens with one attached hydrogen (secondary N) is 2. The monoisotopic (exact) mass is 401 g/mol. The van der Waals surface area contributed by atoms with Gasteiger partial charge in [-0.05, 0) is 31.0 Å². The molecule has 1 aliphatic rings. The van der Waals surface area contributed by atoms with Crippen molar-refractivity contribution in [2.24, 2.45) is 0 Å². The maximum atomic E-state index is 12.3. The van der Waals surface area contributed by atoms with Crippen molar-refractivity contribution in [2.45, 2.75) is 18.9 Å². The van der Waals surface area contributed by atoms with Crippen molar-refractivity contribution >= 4 is 45.3 Å². The Kier molecular flexibility index (Phi) is 6.01. The molecule has 2 N–H and O–H groups in total. The van der Waals surface area contributed by atoms with Crippen molar-refractivity contribution in [1.29, 1.82) is 0 Å². The Morgan fingerprint density at radius 2 is 2.13 bits per heavy atom. The number of nitrogens with zero attached hydrogens (tertiary/aromatic N) is 1. The fraction of sp³-hybridized carbons (Fsp3) is 0.400. The fourth-order valence-electron chi connectivity index (χ4n) is 2.53. The van der Waals surface area contributed by atoms with Crippen LogP contribution in [0.25, 0.3) is 0 Å². The van der Waals surface area contributed by atoms with Gasteiger partial charge in [0.25, 0.3) is 5.91 Å². The van der Waals surface area contributed by atoms with E-state index in [0.717, 1.165) is 10.9 Å². The minimum atomic E-state index is -0.459. The summed E-state index contributed by atoms with van der Waals surface area (Å²) in [6.45, 7) is 0.347. The summed E-state index contributed by atoms with van der Waals surface area (Å²) in [4.78, 5) is 37.7. The topological polar surface area (TPSA) is 78.5 Å². The van der Waals surface area contributed by atoms with E-state index >= 15 is 0 Å². The van der Waals surface area contributed by atoms with Crippen LogP contribution in [0, 0.1) is 0 Å². The van der Waals surface area contributed by atoms with Gasteiger partial charge in [-0.1, -0.05) is 27.5 Å². The quantitative estimate of drug-likeness (QED) is 0.802. The third-order valence-electron chi connectivity index (χ3n) is 3.70. The highest BCUT2D eigenvalue weighted by molar-refractivity contribution is 9.10. The van der Waals surface area contributed by atoms with Crippen LogP contribution >= 0.6 is 27.5 Å². The average Bonchev–Trinajstić information content (AvgIpc) is 3.03. The summed E-state index contributed by atoms with van der Waals surface area (Å²) in [7, 11) is 1.54. The van der Waals surface area contributed by atoms with Crippen molar-refractivity contribution in [1.82, 2.24) is 15.5 Å². The molecule has 1 aliphatic heterocycles. The minimum Gasteiger partial charge on any atom is -0.357 e. The van der Waals surface area contributed by atoms with E-state index in [2.05, 4.69) is 26.6 Å². The first-order valence-electron chi connectivity index (χ1n) is 7.18. The highest BCUT2D eigenvalue weighted by Crippen LogP contribution is 2.21. The van der Waals surface area contributed by atoms with E-state index in [1.54, 1.807) is 25.2 Å². The second-order valence-electron chi connectivity index (χ2n) is 5.17. The van der Waals surface area contributed by atoms with E-state index in [9.17, 15) is 14.4 Å². The molecule has 1 atom stereocenters. The number of likely N-dealkylation sites (tertiary alicyclic amines) is 1. The zero-order valence-electron chi connectivity index (χ0n) is 12.6. The van der Waals surface area contributed by atoms with Gasteiger partial charge < -0.3 is 15.5 Å². The number of hydrogen-bond acceptors (Lipinski definition) is 3. The third-order valence-corrected chi connectivity index (χ3v) is 4.52. The molecule has 8 heteroatoms. The summed E-state index contributed by atoms with van der Waals surface area (Å²) in [6, 6.07) is 4.46. The Hall–Kier alpha value is -1.60. The van der Waals surface area contributed by atoms with Crippen LogP contribution in [0.2, 0.25) is 5.02 Å². The molecule has 0 aliphatic carbocycles. The maximum absolute atomic E-state index is 12.3. The van der Waals surface area contributed by atoms with E-state index in [4.69, 9.17) is 11.6 Å². The molecule has 124 valence electrons. The normalized spacial score (nSPS) is 17.0. The van der Waals surface area contributed by atoms with E-state index in [1.165, 1.54) is 4.90 Å². The maximum Gasteiger partial charge on any atom is 0.253 e. The van der Waals surface area contributed by atoms with Crippen molar-refractivity contribution in [3.63, 3.8) is 0 Å². The first kappa shape index (κ1) is 17.7. The van der Waals surface area contributed by atoms with E-state index in [1.807, 2.05) is 0 Å². The fourth-order valence-corrected chi connectivity index (χ4v) is 3.09. The lowest BCUT2D eigenvalue weighted by molar-refractivity contribution is -0.137. The molecular formula is C15H17BrClN3O3. The van der Waals surface area contributed by atoms with Gasteiger partial charge in [-0.3, -0.25) is 14.4 Å². The van der Waals surface area contributed by atoms with Crippen molar-refractivity contribution < 1.29 is 14.4 Å². The van der Waals surface area contributed by atoms with Crippen LogP contribution in [0.15, 0.2) is 22.7 Å². The van der Waals surface area contributed by atoms with Crippen molar-refractivity contribution in [3.8, 4) is 0 Å². The van der Waals surface area contributed by atoms with Crippen molar-refractivity contribution in [3.05, 3.63) is 33.3 Å². The Balaban J connectivity index is 1.97. The molecule has 0 spiro atoms. The number of halogens is 2. The van der Waals surface area contributed by atoms with Crippen LogP contribution in [0.3, 0.4) is 0 Å². The second kappa shape index (κ2) is 7.79. The van der Waals surface area contributed by atoms with Gasteiger partial charge in [0.05, 0.1) is 17.1 Å². The molecule has 3 amide bonds. The number of carbonyl (C=O) groups excluding carboxylic acids is 3. The van der Waals surface area contributed by atoms with Gasteiger partial charge in [0.15, 0.2) is 0 Å². The largest absolute Gasteiger partial charge is 0.357 e. The number of hydrogen-bond donors (Lipinski definition) is 2. The standard InChI is InChI=1S/C15H17BrClN3O3/c1-18-15(23)12-3-2-6-20(12)13(21)8-19-14(22)10-7-9(16)4-5-11(10)17/h4-5,7,12H,2-3,6,8H2,1H3,(H,18,23)(H,19,22). The van der Waals surface area contributed by atoms with Crippen molar-refractivity contribution in [2.75, 3.05) is 20.1 Å². The lowest BCUT2D eigenvalue weighted by Crippen LogP contribution is -2.48. The van der Waals surface area contributed by atoms with Gasteiger partial charge in [-0.15, -0.1) is 0 Å². The van der Waals surface area contributed by atoms with Gasteiger partial charge in [-0.2, -0.15) is 0 Å². The molecule has 1 unspecified atom stereocenters. The number of rotatable bonds is 4. The van der Waals surface area contributed by atoms with Gasteiger partial charge in [-0.25, -0.2) is 0 Å². The lowest BCUT2D eigenvalue weighted by atomic mass is 10.2. The van der Waals surface area contributed by atoms with Crippen LogP contribution in [-0.4, -0.2) is 48.8 Å². The molecule has 1 aromatic carbocycles. The zero-order valence-corrected chi connectivity index (χ0v) is 14.9. The summed E-state index contributed by atoms with van der Waals surface area (Å²) in [5.41, 5.74) is 0.290. The van der Waals surface area contributed by atoms with Gasteiger partial charge in [0.2, 0.25) is 11.8 Å². The SMILES string of the molecule is CNC(=O)C1CCCN1C(=O)CNC(=O)c1cc(Br)ccc1Cl. The van der Waals surface area contributed by atoms with Crippen LogP contribution in [0.1, 0.15) is 23.2 Å². The summed E-state index contributed by atoms with van der Waals surface area (Å²) < 4.78 is 0.720. The summed E-state index contributed by atoms with van der Waals surface area (Å²) >= 11 is 9.26. The zero-order chi connectivity index (χ0) is 17.0. The molecule has 2 rings (SSSR count). The van der Waals surface area contributed by atoms with Crippen LogP contribution in [-0.2, 0) is 9.59 Å². The molecule has 0 aromatic heterocycles. The molecule has 0 radical (unpaired) electrons. The third kappa shape index (κ3) is 4.23. The molecular weight excluding hydrogens is 386 g/mol. The summed E-state index contributed by atoms with van der Waals surface area (Å²) in [6.07, 6.45) is 1.41. The molecule has 1 heterocycles. The predicted molar refractivity (Wildman–Crippen MR) is 90.3 cm³/mol. The van der Waals surface area contributed by atoms with Gasteiger partial charge in [0, 0.05) is 18.1 Å².